The number of aromatic nitrogens is 2. The van der Waals surface area contributed by atoms with E-state index in [1.165, 1.54) is 12.3 Å². The van der Waals surface area contributed by atoms with Gasteiger partial charge in [-0.25, -0.2) is 0 Å². The van der Waals surface area contributed by atoms with Crippen molar-refractivity contribution in [1.29, 1.82) is 0 Å². The van der Waals surface area contributed by atoms with Gasteiger partial charge in [0, 0.05) is 23.3 Å². The molecule has 0 saturated heterocycles. The summed E-state index contributed by atoms with van der Waals surface area (Å²) in [6.45, 7) is 0. The molecule has 4 rings (SSSR count). The van der Waals surface area contributed by atoms with Crippen LogP contribution in [0.4, 0.5) is 0 Å². The Kier molecular flexibility index (Phi) is 3.93. The van der Waals surface area contributed by atoms with Crippen LogP contribution in [0.5, 0.6) is 5.75 Å². The lowest BCUT2D eigenvalue weighted by atomic mass is 10.1. The summed E-state index contributed by atoms with van der Waals surface area (Å²) < 4.78 is 0.941. The zero-order valence-corrected chi connectivity index (χ0v) is 12.1. The number of fused-ring (bicyclic) bond motifs is 2. The quantitative estimate of drug-likeness (QED) is 0.489. The Balaban J connectivity index is 0.000000136. The van der Waals surface area contributed by atoms with Crippen molar-refractivity contribution < 1.29 is 10.3 Å². The Morgan fingerprint density at radius 3 is 2.52 bits per heavy atom. The summed E-state index contributed by atoms with van der Waals surface area (Å²) in [6.07, 6.45) is 3.20. The summed E-state index contributed by atoms with van der Waals surface area (Å²) in [6, 6.07) is 17.1. The number of hydrogen-bond donors (Lipinski definition) is 2. The molecule has 0 fully saturated rings. The maximum Gasteiger partial charge on any atom is 0.188 e. The smallest absolute Gasteiger partial charge is 0.188 e. The largest absolute Gasteiger partial charge is 0.507 e. The lowest BCUT2D eigenvalue weighted by Gasteiger charge is -2.06. The highest BCUT2D eigenvalue weighted by Crippen LogP contribution is 2.21. The van der Waals surface area contributed by atoms with E-state index in [1.54, 1.807) is 42.6 Å². The maximum atomic E-state index is 11.2. The number of hydrogen-bond acceptors (Lipinski definition) is 4. The number of nitrogens with zero attached hydrogens (tertiary/aromatic N) is 2. The van der Waals surface area contributed by atoms with Crippen molar-refractivity contribution in [2.75, 3.05) is 0 Å². The Labute approximate surface area is 132 Å². The van der Waals surface area contributed by atoms with Crippen molar-refractivity contribution in [2.45, 2.75) is 0 Å². The van der Waals surface area contributed by atoms with E-state index < -0.39 is 0 Å². The molecule has 1 aliphatic carbocycles. The number of pyridine rings is 2. The molecular weight excluding hydrogens is 292 g/mol. The van der Waals surface area contributed by atoms with E-state index in [1.807, 2.05) is 18.2 Å². The Hall–Kier alpha value is -3.34. The molecule has 2 aliphatic rings. The molecule has 0 bridgehead atoms. The molecule has 5 heteroatoms. The third-order valence-corrected chi connectivity index (χ3v) is 3.40. The van der Waals surface area contributed by atoms with E-state index in [4.69, 9.17) is 0 Å². The predicted octanol–water partition coefficient (Wildman–Crippen LogP) is 3.13. The van der Waals surface area contributed by atoms with Gasteiger partial charge in [0.1, 0.15) is 5.75 Å². The molecule has 0 spiro atoms. The van der Waals surface area contributed by atoms with Gasteiger partial charge in [-0.05, 0) is 48.5 Å². The van der Waals surface area contributed by atoms with Crippen molar-refractivity contribution in [3.63, 3.8) is 0 Å². The normalized spacial score (nSPS) is 10.3. The molecule has 0 atom stereocenters. The van der Waals surface area contributed by atoms with Crippen molar-refractivity contribution >= 4 is 10.9 Å². The first-order chi connectivity index (χ1) is 11.2. The Bertz CT molecular complexity index is 974. The highest BCUT2D eigenvalue weighted by Gasteiger charge is 2.06. The summed E-state index contributed by atoms with van der Waals surface area (Å²) in [4.78, 5) is 15.3. The van der Waals surface area contributed by atoms with Gasteiger partial charge in [-0.3, -0.25) is 9.78 Å². The van der Waals surface area contributed by atoms with Crippen molar-refractivity contribution in [3.8, 4) is 17.0 Å². The summed E-state index contributed by atoms with van der Waals surface area (Å²) in [5.74, 6) is 0.288. The molecular formula is C18H14N2O3. The van der Waals surface area contributed by atoms with Crippen LogP contribution in [0.15, 0.2) is 77.9 Å². The maximum absolute atomic E-state index is 11.2. The monoisotopic (exact) mass is 306 g/mol. The van der Waals surface area contributed by atoms with Crippen LogP contribution in [-0.4, -0.2) is 20.0 Å². The van der Waals surface area contributed by atoms with Crippen LogP contribution in [0, 0.1) is 0 Å². The number of aromatic hydroxyl groups is 1. The number of benzene rings is 2. The topological polar surface area (TPSA) is 75.4 Å². The Morgan fingerprint density at radius 2 is 1.74 bits per heavy atom. The van der Waals surface area contributed by atoms with E-state index in [9.17, 15) is 15.1 Å². The van der Waals surface area contributed by atoms with E-state index in [0.717, 1.165) is 15.6 Å². The van der Waals surface area contributed by atoms with Gasteiger partial charge >= 0.3 is 0 Å². The van der Waals surface area contributed by atoms with Gasteiger partial charge < -0.3 is 10.3 Å². The van der Waals surface area contributed by atoms with Gasteiger partial charge in [-0.1, -0.05) is 12.1 Å². The van der Waals surface area contributed by atoms with Crippen LogP contribution >= 0.6 is 0 Å². The van der Waals surface area contributed by atoms with Crippen molar-refractivity contribution in [2.24, 2.45) is 0 Å². The average Bonchev–Trinajstić information content (AvgIpc) is 2.57. The number of phenolic OH excluding ortho intramolecular Hbond substituents is 1. The van der Waals surface area contributed by atoms with E-state index >= 15 is 0 Å². The lowest BCUT2D eigenvalue weighted by Crippen LogP contribution is -2.08. The van der Waals surface area contributed by atoms with Gasteiger partial charge in [-0.2, -0.15) is 4.73 Å². The molecule has 2 aromatic rings. The van der Waals surface area contributed by atoms with Crippen LogP contribution in [0.2, 0.25) is 0 Å². The summed E-state index contributed by atoms with van der Waals surface area (Å²) in [7, 11) is 0. The summed E-state index contributed by atoms with van der Waals surface area (Å²) in [5, 5.41) is 19.4. The first kappa shape index (κ1) is 14.6. The number of rotatable bonds is 0. The van der Waals surface area contributed by atoms with Crippen LogP contribution in [0.25, 0.3) is 22.2 Å². The summed E-state index contributed by atoms with van der Waals surface area (Å²) >= 11 is 0. The van der Waals surface area contributed by atoms with E-state index in [-0.39, 0.29) is 11.2 Å². The average molecular weight is 306 g/mol. The zero-order valence-electron chi connectivity index (χ0n) is 12.1. The molecule has 5 nitrogen and oxygen atoms in total. The minimum atomic E-state index is -0.0732. The van der Waals surface area contributed by atoms with Gasteiger partial charge in [-0.15, -0.1) is 0 Å². The molecule has 1 aromatic heterocycles. The fourth-order valence-electron chi connectivity index (χ4n) is 2.29. The predicted molar refractivity (Wildman–Crippen MR) is 87.9 cm³/mol. The van der Waals surface area contributed by atoms with E-state index in [0.29, 0.717) is 11.3 Å². The van der Waals surface area contributed by atoms with Crippen LogP contribution < -0.4 is 5.43 Å². The first-order valence-electron chi connectivity index (χ1n) is 6.99. The number of phenols is 1. The molecule has 2 N–H and O–H groups in total. The minimum Gasteiger partial charge on any atom is -0.507 e. The second kappa shape index (κ2) is 6.19. The molecule has 0 unspecified atom stereocenters. The molecule has 0 amide bonds. The van der Waals surface area contributed by atoms with Crippen LogP contribution in [0.3, 0.4) is 0 Å². The van der Waals surface area contributed by atoms with Crippen LogP contribution in [0.1, 0.15) is 0 Å². The molecule has 0 radical (unpaired) electrons. The van der Waals surface area contributed by atoms with Gasteiger partial charge in [0.05, 0.1) is 11.2 Å². The molecule has 23 heavy (non-hydrogen) atoms. The fourth-order valence-corrected chi connectivity index (χ4v) is 2.29. The third-order valence-electron chi connectivity index (χ3n) is 3.40. The Morgan fingerprint density at radius 1 is 0.913 bits per heavy atom. The molecule has 2 heterocycles. The lowest BCUT2D eigenvalue weighted by molar-refractivity contribution is 0.189. The third kappa shape index (κ3) is 2.98. The first-order valence-corrected chi connectivity index (χ1v) is 6.99. The molecule has 0 saturated carbocycles. The van der Waals surface area contributed by atoms with Gasteiger partial charge in [0.25, 0.3) is 0 Å². The molecule has 114 valence electrons. The van der Waals surface area contributed by atoms with Crippen LogP contribution in [-0.2, 0) is 0 Å². The SMILES string of the molecule is O=c1cccc2n(O)cccc1-2.Oc1cccc2ncccc12. The second-order valence-corrected chi connectivity index (χ2v) is 4.89. The second-order valence-electron chi connectivity index (χ2n) is 4.89. The highest BCUT2D eigenvalue weighted by atomic mass is 16.5. The highest BCUT2D eigenvalue weighted by molar-refractivity contribution is 5.84. The standard InChI is InChI=1S/C9H7NO2.C9H7NO/c11-9-5-1-4-8-7(9)3-2-6-10(8)12;11-9-5-1-4-8-7(9)3-2-6-10-8/h1-6,12H;1-6,11H. The van der Waals surface area contributed by atoms with Gasteiger partial charge in [0.2, 0.25) is 0 Å². The minimum absolute atomic E-state index is 0.0732. The zero-order chi connectivity index (χ0) is 16.2. The summed E-state index contributed by atoms with van der Waals surface area (Å²) in [5.41, 5.74) is 1.82. The fraction of sp³-hybridized carbons (Fsp3) is 0. The molecule has 1 aromatic carbocycles. The van der Waals surface area contributed by atoms with E-state index in [2.05, 4.69) is 4.98 Å². The molecule has 1 aliphatic heterocycles. The van der Waals surface area contributed by atoms with Crippen molar-refractivity contribution in [1.82, 2.24) is 9.71 Å². The van der Waals surface area contributed by atoms with Gasteiger partial charge in [0.15, 0.2) is 5.43 Å². The van der Waals surface area contributed by atoms with Crippen molar-refractivity contribution in [3.05, 3.63) is 83.3 Å².